The molecular weight excluding hydrogens is 209 g/mol. The lowest BCUT2D eigenvalue weighted by Crippen LogP contribution is -2.16. The highest BCUT2D eigenvalue weighted by Gasteiger charge is 2.25. The molecule has 1 aliphatic carbocycles. The maximum Gasteiger partial charge on any atom is 0.319 e. The molecule has 1 aliphatic rings. The Morgan fingerprint density at radius 3 is 2.60 bits per heavy atom. The molecule has 0 bridgehead atoms. The van der Waals surface area contributed by atoms with Crippen LogP contribution < -0.4 is 0 Å². The summed E-state index contributed by atoms with van der Waals surface area (Å²) >= 11 is 0. The summed E-state index contributed by atoms with van der Waals surface area (Å²) in [7, 11) is 0. The van der Waals surface area contributed by atoms with Crippen LogP contribution in [0.2, 0.25) is 0 Å². The van der Waals surface area contributed by atoms with Gasteiger partial charge < -0.3 is 4.74 Å². The Bertz CT molecular complexity index is 356. The fourth-order valence-corrected chi connectivity index (χ4v) is 1.09. The fraction of sp³-hybridized carbons (Fsp3) is 0.300. The molecule has 1 unspecified atom stereocenters. The Morgan fingerprint density at radius 2 is 2.00 bits per heavy atom. The van der Waals surface area contributed by atoms with E-state index in [0.717, 1.165) is 0 Å². The van der Waals surface area contributed by atoms with Crippen LogP contribution in [0.5, 0.6) is 0 Å². The number of esters is 1. The maximum absolute atomic E-state index is 13.2. The Hall–Kier alpha value is -1.52. The van der Waals surface area contributed by atoms with Crippen molar-refractivity contribution >= 4 is 5.97 Å². The number of rotatable bonds is 2. The zero-order chi connectivity index (χ0) is 11.4. The number of ether oxygens (including phenoxy) is 1. The lowest BCUT2D eigenvalue weighted by molar-refractivity contribution is -0.145. The zero-order valence-electron chi connectivity index (χ0n) is 7.97. The van der Waals surface area contributed by atoms with Crippen molar-refractivity contribution in [2.45, 2.75) is 6.92 Å². The van der Waals surface area contributed by atoms with E-state index >= 15 is 0 Å². The largest absolute Gasteiger partial charge is 0.465 e. The van der Waals surface area contributed by atoms with E-state index in [4.69, 9.17) is 0 Å². The number of carbonyl (C=O) groups excluding carboxylic acids is 1. The van der Waals surface area contributed by atoms with Crippen LogP contribution in [0.25, 0.3) is 0 Å². The standard InChI is InChI=1S/C10H9F3O2/c1-2-15-10(14)8-4-6(11)3-7(12)5-9(8)13/h3-5,8H,2H2,1H3. The fourth-order valence-electron chi connectivity index (χ4n) is 1.09. The van der Waals surface area contributed by atoms with Gasteiger partial charge in [-0.15, -0.1) is 0 Å². The number of allylic oxidation sites excluding steroid dienone is 4. The molecular formula is C10H9F3O2. The van der Waals surface area contributed by atoms with Gasteiger partial charge in [0.25, 0.3) is 0 Å². The van der Waals surface area contributed by atoms with Crippen molar-refractivity contribution in [2.24, 2.45) is 5.92 Å². The number of halogens is 3. The van der Waals surface area contributed by atoms with Crippen LogP contribution in [0.4, 0.5) is 13.2 Å². The van der Waals surface area contributed by atoms with Gasteiger partial charge in [0.1, 0.15) is 23.4 Å². The van der Waals surface area contributed by atoms with Crippen molar-refractivity contribution in [2.75, 3.05) is 6.61 Å². The smallest absolute Gasteiger partial charge is 0.319 e. The summed E-state index contributed by atoms with van der Waals surface area (Å²) in [5, 5.41) is 0. The van der Waals surface area contributed by atoms with Crippen molar-refractivity contribution in [1.29, 1.82) is 0 Å². The van der Waals surface area contributed by atoms with Gasteiger partial charge in [0.05, 0.1) is 6.61 Å². The highest BCUT2D eigenvalue weighted by molar-refractivity contribution is 5.78. The summed E-state index contributed by atoms with van der Waals surface area (Å²) in [6, 6.07) is 0. The molecule has 82 valence electrons. The van der Waals surface area contributed by atoms with E-state index in [2.05, 4.69) is 4.74 Å². The lowest BCUT2D eigenvalue weighted by atomic mass is 10.1. The first-order valence-electron chi connectivity index (χ1n) is 4.33. The van der Waals surface area contributed by atoms with Crippen LogP contribution in [-0.2, 0) is 9.53 Å². The Morgan fingerprint density at radius 1 is 1.33 bits per heavy atom. The van der Waals surface area contributed by atoms with Crippen molar-refractivity contribution in [1.82, 2.24) is 0 Å². The quantitative estimate of drug-likeness (QED) is 0.666. The first-order valence-corrected chi connectivity index (χ1v) is 4.33. The first-order chi connectivity index (χ1) is 7.04. The molecule has 0 aromatic rings. The molecule has 0 spiro atoms. The summed E-state index contributed by atoms with van der Waals surface area (Å²) in [6.45, 7) is 1.59. The Labute approximate surface area is 84.7 Å². The van der Waals surface area contributed by atoms with Crippen LogP contribution >= 0.6 is 0 Å². The molecule has 0 fully saturated rings. The highest BCUT2D eigenvalue weighted by atomic mass is 19.1. The molecule has 0 heterocycles. The van der Waals surface area contributed by atoms with Crippen molar-refractivity contribution in [3.63, 3.8) is 0 Å². The number of hydrogen-bond donors (Lipinski definition) is 0. The van der Waals surface area contributed by atoms with Crippen molar-refractivity contribution in [3.8, 4) is 0 Å². The average Bonchev–Trinajstić information content (AvgIpc) is 2.24. The van der Waals surface area contributed by atoms with E-state index in [0.29, 0.717) is 18.2 Å². The monoisotopic (exact) mass is 218 g/mol. The molecule has 0 amide bonds. The predicted molar refractivity (Wildman–Crippen MR) is 47.7 cm³/mol. The molecule has 0 aliphatic heterocycles. The van der Waals surface area contributed by atoms with E-state index < -0.39 is 29.4 Å². The van der Waals surface area contributed by atoms with Gasteiger partial charge in [0, 0.05) is 12.2 Å². The van der Waals surface area contributed by atoms with E-state index in [9.17, 15) is 18.0 Å². The number of carbonyl (C=O) groups is 1. The summed E-state index contributed by atoms with van der Waals surface area (Å²) in [5.74, 6) is -5.60. The van der Waals surface area contributed by atoms with Crippen LogP contribution in [0.3, 0.4) is 0 Å². The predicted octanol–water partition coefficient (Wildman–Crippen LogP) is 2.74. The molecule has 0 saturated carbocycles. The average molecular weight is 218 g/mol. The molecule has 0 N–H and O–H groups in total. The molecule has 0 saturated heterocycles. The Kier molecular flexibility index (Phi) is 3.71. The third-order valence-corrected chi connectivity index (χ3v) is 1.72. The molecule has 0 aromatic carbocycles. The van der Waals surface area contributed by atoms with Crippen LogP contribution in [0.1, 0.15) is 6.92 Å². The topological polar surface area (TPSA) is 26.3 Å². The second-order valence-electron chi connectivity index (χ2n) is 2.84. The van der Waals surface area contributed by atoms with Gasteiger partial charge in [-0.1, -0.05) is 0 Å². The lowest BCUT2D eigenvalue weighted by Gasteiger charge is -2.08. The molecule has 1 atom stereocenters. The minimum atomic E-state index is -1.51. The van der Waals surface area contributed by atoms with Crippen LogP contribution in [-0.4, -0.2) is 12.6 Å². The van der Waals surface area contributed by atoms with Gasteiger partial charge in [0.2, 0.25) is 0 Å². The van der Waals surface area contributed by atoms with Gasteiger partial charge in [-0.25, -0.2) is 13.2 Å². The van der Waals surface area contributed by atoms with Gasteiger partial charge in [-0.3, -0.25) is 4.79 Å². The van der Waals surface area contributed by atoms with Crippen LogP contribution in [0.15, 0.2) is 35.7 Å². The van der Waals surface area contributed by atoms with Crippen molar-refractivity contribution in [3.05, 3.63) is 35.7 Å². The molecule has 0 radical (unpaired) electrons. The maximum atomic E-state index is 13.2. The normalized spacial score (nSPS) is 21.1. The third-order valence-electron chi connectivity index (χ3n) is 1.72. The second kappa shape index (κ2) is 4.82. The third kappa shape index (κ3) is 2.97. The first kappa shape index (κ1) is 11.6. The van der Waals surface area contributed by atoms with Gasteiger partial charge in [-0.05, 0) is 13.0 Å². The SMILES string of the molecule is CCOC(=O)C1C=C(F)C=C(F)C=C1F. The summed E-state index contributed by atoms with van der Waals surface area (Å²) in [6.07, 6.45) is 1.64. The molecule has 5 heteroatoms. The zero-order valence-corrected chi connectivity index (χ0v) is 7.97. The minimum Gasteiger partial charge on any atom is -0.465 e. The Balaban J connectivity index is 2.95. The van der Waals surface area contributed by atoms with E-state index in [1.807, 2.05) is 0 Å². The second-order valence-corrected chi connectivity index (χ2v) is 2.84. The van der Waals surface area contributed by atoms with Gasteiger partial charge >= 0.3 is 5.97 Å². The van der Waals surface area contributed by atoms with E-state index in [-0.39, 0.29) is 6.61 Å². The molecule has 15 heavy (non-hydrogen) atoms. The van der Waals surface area contributed by atoms with Gasteiger partial charge in [0.15, 0.2) is 0 Å². The summed E-state index contributed by atoms with van der Waals surface area (Å²) in [5.41, 5.74) is 0. The summed E-state index contributed by atoms with van der Waals surface area (Å²) in [4.78, 5) is 11.2. The highest BCUT2D eigenvalue weighted by Crippen LogP contribution is 2.25. The van der Waals surface area contributed by atoms with Gasteiger partial charge in [-0.2, -0.15) is 0 Å². The molecule has 0 aromatic heterocycles. The molecule has 1 rings (SSSR count). The minimum absolute atomic E-state index is 0.0496. The van der Waals surface area contributed by atoms with E-state index in [1.54, 1.807) is 0 Å². The van der Waals surface area contributed by atoms with E-state index in [1.165, 1.54) is 6.92 Å². The molecule has 2 nitrogen and oxygen atoms in total. The van der Waals surface area contributed by atoms with Crippen molar-refractivity contribution < 1.29 is 22.7 Å². The number of hydrogen-bond acceptors (Lipinski definition) is 2. The summed E-state index contributed by atoms with van der Waals surface area (Å²) < 4.78 is 43.2. The van der Waals surface area contributed by atoms with Crippen LogP contribution in [0, 0.1) is 5.92 Å².